The van der Waals surface area contributed by atoms with Gasteiger partial charge in [-0.25, -0.2) is 4.79 Å². The lowest BCUT2D eigenvalue weighted by atomic mass is 10.2. The van der Waals surface area contributed by atoms with Gasteiger partial charge in [-0.05, 0) is 29.8 Å². The fourth-order valence-electron chi connectivity index (χ4n) is 2.70. The summed E-state index contributed by atoms with van der Waals surface area (Å²) in [6, 6.07) is 15.7. The Morgan fingerprint density at radius 3 is 2.42 bits per heavy atom. The zero-order valence-corrected chi connectivity index (χ0v) is 14.1. The Hall–Kier alpha value is -3.06. The summed E-state index contributed by atoms with van der Waals surface area (Å²) in [5.74, 6) is -0.0386. The Labute approximate surface area is 150 Å². The van der Waals surface area contributed by atoms with Crippen LogP contribution in [-0.4, -0.2) is 47.3 Å². The molecule has 2 aromatic rings. The van der Waals surface area contributed by atoms with Crippen molar-refractivity contribution in [1.29, 1.82) is 0 Å². The summed E-state index contributed by atoms with van der Waals surface area (Å²) in [6.07, 6.45) is -1.89. The number of hydrogen-bond donors (Lipinski definition) is 2. The zero-order chi connectivity index (χ0) is 18.5. The van der Waals surface area contributed by atoms with E-state index in [9.17, 15) is 14.7 Å². The first-order chi connectivity index (χ1) is 12.5. The van der Waals surface area contributed by atoms with Gasteiger partial charge in [-0.15, -0.1) is 0 Å². The number of primary amides is 1. The van der Waals surface area contributed by atoms with Gasteiger partial charge in [-0.2, -0.15) is 0 Å². The maximum absolute atomic E-state index is 12.2. The van der Waals surface area contributed by atoms with Crippen molar-refractivity contribution < 1.29 is 24.2 Å². The van der Waals surface area contributed by atoms with E-state index in [0.29, 0.717) is 11.3 Å². The van der Waals surface area contributed by atoms with Crippen LogP contribution in [0.3, 0.4) is 0 Å². The molecule has 0 unspecified atom stereocenters. The number of ether oxygens (including phenoxy) is 2. The lowest BCUT2D eigenvalue weighted by molar-refractivity contribution is 0.0735. The Morgan fingerprint density at radius 2 is 1.77 bits per heavy atom. The van der Waals surface area contributed by atoms with E-state index in [1.165, 1.54) is 4.90 Å². The molecule has 26 heavy (non-hydrogen) atoms. The van der Waals surface area contributed by atoms with Gasteiger partial charge in [-0.1, -0.05) is 30.3 Å². The van der Waals surface area contributed by atoms with E-state index < -0.39 is 24.2 Å². The molecule has 3 N–H and O–H groups in total. The molecule has 1 aliphatic rings. The molecule has 0 saturated carbocycles. The second-order valence-electron chi connectivity index (χ2n) is 6.06. The van der Waals surface area contributed by atoms with Crippen molar-refractivity contribution in [2.45, 2.75) is 18.8 Å². The van der Waals surface area contributed by atoms with Gasteiger partial charge in [0.15, 0.2) is 0 Å². The van der Waals surface area contributed by atoms with E-state index >= 15 is 0 Å². The highest BCUT2D eigenvalue weighted by Gasteiger charge is 2.36. The largest absolute Gasteiger partial charge is 0.486 e. The molecule has 7 heteroatoms. The molecule has 0 bridgehead atoms. The normalized spacial score (nSPS) is 19.2. The van der Waals surface area contributed by atoms with Crippen LogP contribution in [-0.2, 0) is 11.3 Å². The van der Waals surface area contributed by atoms with Crippen LogP contribution >= 0.6 is 0 Å². The fourth-order valence-corrected chi connectivity index (χ4v) is 2.70. The Kier molecular flexibility index (Phi) is 5.38. The molecule has 3 rings (SSSR count). The number of carbonyl (C=O) groups is 2. The minimum absolute atomic E-state index is 0.137. The average molecular weight is 356 g/mol. The first-order valence-electron chi connectivity index (χ1n) is 8.23. The Morgan fingerprint density at radius 1 is 1.08 bits per heavy atom. The number of likely N-dealkylation sites (tertiary alicyclic amines) is 1. The number of hydrogen-bond acceptors (Lipinski definition) is 5. The van der Waals surface area contributed by atoms with Gasteiger partial charge in [0.25, 0.3) is 0 Å². The molecule has 1 fully saturated rings. The van der Waals surface area contributed by atoms with Crippen molar-refractivity contribution in [3.63, 3.8) is 0 Å². The number of nitrogens with zero attached hydrogens (tertiary/aromatic N) is 1. The van der Waals surface area contributed by atoms with Gasteiger partial charge in [0.05, 0.1) is 13.1 Å². The first-order valence-corrected chi connectivity index (χ1v) is 8.23. The quantitative estimate of drug-likeness (QED) is 0.846. The highest BCUT2D eigenvalue weighted by Crippen LogP contribution is 2.20. The third-order valence-corrected chi connectivity index (χ3v) is 4.13. The maximum Gasteiger partial charge on any atom is 0.410 e. The number of carbonyl (C=O) groups excluding carboxylic acids is 2. The second-order valence-corrected chi connectivity index (χ2v) is 6.06. The van der Waals surface area contributed by atoms with Crippen molar-refractivity contribution in [3.05, 3.63) is 65.7 Å². The number of rotatable bonds is 5. The number of aliphatic hydroxyl groups excluding tert-OH is 1. The summed E-state index contributed by atoms with van der Waals surface area (Å²) in [6.45, 7) is 0.524. The average Bonchev–Trinajstić information content (AvgIpc) is 3.01. The van der Waals surface area contributed by atoms with Crippen LogP contribution in [0.1, 0.15) is 15.9 Å². The van der Waals surface area contributed by atoms with Crippen LogP contribution in [0, 0.1) is 0 Å². The summed E-state index contributed by atoms with van der Waals surface area (Å²) < 4.78 is 11.0. The van der Waals surface area contributed by atoms with Gasteiger partial charge in [0, 0.05) is 5.56 Å². The minimum Gasteiger partial charge on any atom is -0.486 e. The highest BCUT2D eigenvalue weighted by atomic mass is 16.6. The summed E-state index contributed by atoms with van der Waals surface area (Å²) >= 11 is 0. The molecule has 0 aromatic heterocycles. The molecule has 2 aromatic carbocycles. The van der Waals surface area contributed by atoms with Crippen LogP contribution in [0.15, 0.2) is 54.6 Å². The summed E-state index contributed by atoms with van der Waals surface area (Å²) in [4.78, 5) is 24.7. The van der Waals surface area contributed by atoms with Crippen LogP contribution in [0.5, 0.6) is 5.75 Å². The summed E-state index contributed by atoms with van der Waals surface area (Å²) in [5.41, 5.74) is 6.46. The lowest BCUT2D eigenvalue weighted by Crippen LogP contribution is -2.31. The van der Waals surface area contributed by atoms with Crippen LogP contribution in [0.2, 0.25) is 0 Å². The highest BCUT2D eigenvalue weighted by molar-refractivity contribution is 5.92. The molecule has 2 atom stereocenters. The van der Waals surface area contributed by atoms with Crippen LogP contribution < -0.4 is 10.5 Å². The molecular weight excluding hydrogens is 336 g/mol. The standard InChI is InChI=1S/C19H20N2O5/c20-18(23)14-6-8-15(9-7-14)26-17-11-21(10-16(17)22)19(24)25-12-13-4-2-1-3-5-13/h1-9,16-17,22H,10-12H2,(H2,20,23)/t16-,17-/m0/s1. The summed E-state index contributed by atoms with van der Waals surface area (Å²) in [5, 5.41) is 10.1. The first kappa shape index (κ1) is 17.8. The van der Waals surface area contributed by atoms with Crippen molar-refractivity contribution in [2.75, 3.05) is 13.1 Å². The van der Waals surface area contributed by atoms with Gasteiger partial charge in [-0.3, -0.25) is 4.79 Å². The Bertz CT molecular complexity index is 763. The molecule has 0 radical (unpaired) electrons. The van der Waals surface area contributed by atoms with Crippen molar-refractivity contribution in [3.8, 4) is 5.75 Å². The molecular formula is C19H20N2O5. The minimum atomic E-state index is -0.824. The van der Waals surface area contributed by atoms with E-state index in [0.717, 1.165) is 5.56 Å². The van der Waals surface area contributed by atoms with Gasteiger partial charge in [0.1, 0.15) is 24.6 Å². The summed E-state index contributed by atoms with van der Waals surface area (Å²) in [7, 11) is 0. The van der Waals surface area contributed by atoms with E-state index in [4.69, 9.17) is 15.2 Å². The monoisotopic (exact) mass is 356 g/mol. The number of benzene rings is 2. The molecule has 0 spiro atoms. The van der Waals surface area contributed by atoms with E-state index in [1.807, 2.05) is 30.3 Å². The number of nitrogens with two attached hydrogens (primary N) is 1. The predicted octanol–water partition coefficient (Wildman–Crippen LogP) is 1.55. The topological polar surface area (TPSA) is 102 Å². The molecule has 7 nitrogen and oxygen atoms in total. The zero-order valence-electron chi connectivity index (χ0n) is 14.1. The van der Waals surface area contributed by atoms with Crippen molar-refractivity contribution in [2.24, 2.45) is 5.73 Å². The molecule has 2 amide bonds. The smallest absolute Gasteiger partial charge is 0.410 e. The SMILES string of the molecule is NC(=O)c1ccc(O[C@H]2CN(C(=O)OCc3ccccc3)C[C@@H]2O)cc1. The molecule has 1 aliphatic heterocycles. The molecule has 0 aliphatic carbocycles. The molecule has 136 valence electrons. The predicted molar refractivity (Wildman–Crippen MR) is 93.6 cm³/mol. The van der Waals surface area contributed by atoms with Crippen LogP contribution in [0.25, 0.3) is 0 Å². The van der Waals surface area contributed by atoms with E-state index in [2.05, 4.69) is 0 Å². The second kappa shape index (κ2) is 7.88. The van der Waals surface area contributed by atoms with Gasteiger partial charge in [0.2, 0.25) is 5.91 Å². The number of amides is 2. The van der Waals surface area contributed by atoms with E-state index in [1.54, 1.807) is 24.3 Å². The third kappa shape index (κ3) is 4.31. The van der Waals surface area contributed by atoms with E-state index in [-0.39, 0.29) is 19.7 Å². The van der Waals surface area contributed by atoms with Crippen LogP contribution in [0.4, 0.5) is 4.79 Å². The van der Waals surface area contributed by atoms with Gasteiger partial charge >= 0.3 is 6.09 Å². The molecule has 1 heterocycles. The Balaban J connectivity index is 1.53. The van der Waals surface area contributed by atoms with Crippen molar-refractivity contribution >= 4 is 12.0 Å². The third-order valence-electron chi connectivity index (χ3n) is 4.13. The lowest BCUT2D eigenvalue weighted by Gasteiger charge is -2.17. The fraction of sp³-hybridized carbons (Fsp3) is 0.263. The van der Waals surface area contributed by atoms with Gasteiger partial charge < -0.3 is 25.2 Å². The maximum atomic E-state index is 12.2. The number of aliphatic hydroxyl groups is 1. The van der Waals surface area contributed by atoms with Crippen molar-refractivity contribution in [1.82, 2.24) is 4.90 Å². The molecule has 1 saturated heterocycles. The number of β-amino-alcohol motifs (C(OH)–C–C–N with tert-alkyl or cyclic N) is 1.